The van der Waals surface area contributed by atoms with Crippen LogP contribution in [0.1, 0.15) is 37.8 Å². The number of aromatic nitrogens is 1. The SMILES string of the molecule is CNC(C)c1ccn(CCC2CCCO2)c1. The topological polar surface area (TPSA) is 26.2 Å². The summed E-state index contributed by atoms with van der Waals surface area (Å²) in [6.07, 6.45) is 8.50. The van der Waals surface area contributed by atoms with Gasteiger partial charge in [-0.1, -0.05) is 0 Å². The fourth-order valence-corrected chi connectivity index (χ4v) is 2.19. The van der Waals surface area contributed by atoms with Gasteiger partial charge in [0.1, 0.15) is 0 Å². The highest BCUT2D eigenvalue weighted by Gasteiger charge is 2.15. The second-order valence-electron chi connectivity index (χ2n) is 4.62. The van der Waals surface area contributed by atoms with Crippen LogP contribution in [-0.2, 0) is 11.3 Å². The van der Waals surface area contributed by atoms with Crippen molar-refractivity contribution in [2.24, 2.45) is 0 Å². The first-order valence-electron chi connectivity index (χ1n) is 6.24. The van der Waals surface area contributed by atoms with Crippen LogP contribution in [0.3, 0.4) is 0 Å². The third kappa shape index (κ3) is 2.86. The summed E-state index contributed by atoms with van der Waals surface area (Å²) in [4.78, 5) is 0. The molecule has 1 aliphatic rings. The summed E-state index contributed by atoms with van der Waals surface area (Å²) in [5.41, 5.74) is 1.36. The zero-order valence-electron chi connectivity index (χ0n) is 10.3. The summed E-state index contributed by atoms with van der Waals surface area (Å²) in [6, 6.07) is 2.63. The zero-order valence-corrected chi connectivity index (χ0v) is 10.3. The Balaban J connectivity index is 1.82. The highest BCUT2D eigenvalue weighted by atomic mass is 16.5. The molecule has 1 saturated heterocycles. The number of ether oxygens (including phenoxy) is 1. The summed E-state index contributed by atoms with van der Waals surface area (Å²) >= 11 is 0. The fourth-order valence-electron chi connectivity index (χ4n) is 2.19. The highest BCUT2D eigenvalue weighted by molar-refractivity contribution is 5.14. The molecule has 2 atom stereocenters. The van der Waals surface area contributed by atoms with Gasteiger partial charge in [0.05, 0.1) is 6.10 Å². The first-order valence-corrected chi connectivity index (χ1v) is 6.24. The van der Waals surface area contributed by atoms with Crippen molar-refractivity contribution in [3.05, 3.63) is 24.0 Å². The van der Waals surface area contributed by atoms with E-state index in [4.69, 9.17) is 4.74 Å². The van der Waals surface area contributed by atoms with Gasteiger partial charge in [0.25, 0.3) is 0 Å². The summed E-state index contributed by atoms with van der Waals surface area (Å²) < 4.78 is 7.89. The van der Waals surface area contributed by atoms with E-state index in [-0.39, 0.29) is 0 Å². The number of hydrogen-bond donors (Lipinski definition) is 1. The first kappa shape index (κ1) is 11.7. The van der Waals surface area contributed by atoms with Crippen molar-refractivity contribution in [1.29, 1.82) is 0 Å². The van der Waals surface area contributed by atoms with E-state index in [9.17, 15) is 0 Å². The van der Waals surface area contributed by atoms with Crippen LogP contribution < -0.4 is 5.32 Å². The normalized spacial score (nSPS) is 22.5. The third-order valence-electron chi connectivity index (χ3n) is 3.44. The van der Waals surface area contributed by atoms with Crippen LogP contribution in [0.25, 0.3) is 0 Å². The molecule has 0 aliphatic carbocycles. The van der Waals surface area contributed by atoms with Crippen molar-refractivity contribution in [1.82, 2.24) is 9.88 Å². The standard InChI is InChI=1S/C13H22N2O/c1-11(14-2)12-5-7-15(10-12)8-6-13-4-3-9-16-13/h5,7,10-11,13-14H,3-4,6,8-9H2,1-2H3. The predicted octanol–water partition coefficient (Wildman–Crippen LogP) is 2.34. The van der Waals surface area contributed by atoms with Gasteiger partial charge in [-0.15, -0.1) is 0 Å². The Bertz CT molecular complexity index is 315. The van der Waals surface area contributed by atoms with Crippen LogP contribution >= 0.6 is 0 Å². The van der Waals surface area contributed by atoms with E-state index >= 15 is 0 Å². The molecule has 16 heavy (non-hydrogen) atoms. The monoisotopic (exact) mass is 222 g/mol. The van der Waals surface area contributed by atoms with Gasteiger partial charge in [-0.3, -0.25) is 0 Å². The molecule has 2 rings (SSSR count). The zero-order chi connectivity index (χ0) is 11.4. The molecule has 1 aliphatic heterocycles. The second kappa shape index (κ2) is 5.51. The lowest BCUT2D eigenvalue weighted by Gasteiger charge is -2.10. The minimum absolute atomic E-state index is 0.434. The minimum atomic E-state index is 0.434. The van der Waals surface area contributed by atoms with Gasteiger partial charge in [0.2, 0.25) is 0 Å². The van der Waals surface area contributed by atoms with Crippen LogP contribution in [0.4, 0.5) is 0 Å². The maximum absolute atomic E-state index is 5.62. The average Bonchev–Trinajstić information content (AvgIpc) is 2.96. The molecule has 0 bridgehead atoms. The van der Waals surface area contributed by atoms with Crippen molar-refractivity contribution in [3.63, 3.8) is 0 Å². The van der Waals surface area contributed by atoms with Crippen molar-refractivity contribution >= 4 is 0 Å². The Kier molecular flexibility index (Phi) is 4.02. The van der Waals surface area contributed by atoms with E-state index in [0.717, 1.165) is 19.6 Å². The lowest BCUT2D eigenvalue weighted by atomic mass is 10.2. The molecular weight excluding hydrogens is 200 g/mol. The summed E-state index contributed by atoms with van der Waals surface area (Å²) in [5.74, 6) is 0. The van der Waals surface area contributed by atoms with Gasteiger partial charge in [-0.05, 0) is 44.9 Å². The average molecular weight is 222 g/mol. The largest absolute Gasteiger partial charge is 0.378 e. The van der Waals surface area contributed by atoms with Gasteiger partial charge >= 0.3 is 0 Å². The Hall–Kier alpha value is -0.800. The molecule has 0 spiro atoms. The summed E-state index contributed by atoms with van der Waals surface area (Å²) in [7, 11) is 1.99. The Morgan fingerprint density at radius 3 is 3.19 bits per heavy atom. The van der Waals surface area contributed by atoms with Crippen LogP contribution in [-0.4, -0.2) is 24.3 Å². The molecule has 1 N–H and O–H groups in total. The minimum Gasteiger partial charge on any atom is -0.378 e. The molecule has 0 aromatic carbocycles. The molecule has 3 nitrogen and oxygen atoms in total. The quantitative estimate of drug-likeness (QED) is 0.827. The van der Waals surface area contributed by atoms with Crippen LogP contribution in [0.5, 0.6) is 0 Å². The summed E-state index contributed by atoms with van der Waals surface area (Å²) in [6.45, 7) is 4.21. The lowest BCUT2D eigenvalue weighted by molar-refractivity contribution is 0.100. The third-order valence-corrected chi connectivity index (χ3v) is 3.44. The molecule has 1 aromatic heterocycles. The predicted molar refractivity (Wildman–Crippen MR) is 65.5 cm³/mol. The van der Waals surface area contributed by atoms with E-state index in [1.54, 1.807) is 0 Å². The van der Waals surface area contributed by atoms with Gasteiger partial charge in [-0.25, -0.2) is 0 Å². The maximum Gasteiger partial charge on any atom is 0.0593 e. The Labute approximate surface area is 97.8 Å². The Morgan fingerprint density at radius 1 is 1.62 bits per heavy atom. The van der Waals surface area contributed by atoms with Gasteiger partial charge in [0.15, 0.2) is 0 Å². The molecule has 0 radical (unpaired) electrons. The van der Waals surface area contributed by atoms with Gasteiger partial charge in [0, 0.05) is 31.6 Å². The molecule has 0 amide bonds. The van der Waals surface area contributed by atoms with Crippen molar-refractivity contribution in [3.8, 4) is 0 Å². The summed E-state index contributed by atoms with van der Waals surface area (Å²) in [5, 5.41) is 3.25. The lowest BCUT2D eigenvalue weighted by Crippen LogP contribution is -2.12. The van der Waals surface area contributed by atoms with Crippen molar-refractivity contribution in [2.45, 2.75) is 44.9 Å². The number of aryl methyl sites for hydroxylation is 1. The first-order chi connectivity index (χ1) is 7.79. The van der Waals surface area contributed by atoms with E-state index in [1.807, 2.05) is 7.05 Å². The number of nitrogens with zero attached hydrogens (tertiary/aromatic N) is 1. The molecule has 90 valence electrons. The molecule has 1 fully saturated rings. The molecule has 1 aromatic rings. The van der Waals surface area contributed by atoms with Crippen LogP contribution in [0.15, 0.2) is 18.5 Å². The van der Waals surface area contributed by atoms with E-state index in [2.05, 4.69) is 35.3 Å². The second-order valence-corrected chi connectivity index (χ2v) is 4.62. The highest BCUT2D eigenvalue weighted by Crippen LogP contribution is 2.17. The van der Waals surface area contributed by atoms with E-state index < -0.39 is 0 Å². The number of rotatable bonds is 5. The van der Waals surface area contributed by atoms with E-state index in [1.165, 1.54) is 18.4 Å². The number of hydrogen-bond acceptors (Lipinski definition) is 2. The molecule has 2 unspecified atom stereocenters. The molecule has 2 heterocycles. The molecular formula is C13H22N2O. The van der Waals surface area contributed by atoms with Gasteiger partial charge in [-0.2, -0.15) is 0 Å². The maximum atomic E-state index is 5.62. The van der Waals surface area contributed by atoms with E-state index in [0.29, 0.717) is 12.1 Å². The molecule has 3 heteroatoms. The van der Waals surface area contributed by atoms with Crippen LogP contribution in [0, 0.1) is 0 Å². The van der Waals surface area contributed by atoms with Crippen LogP contribution in [0.2, 0.25) is 0 Å². The van der Waals surface area contributed by atoms with Crippen molar-refractivity contribution < 1.29 is 4.74 Å². The number of nitrogens with one attached hydrogen (secondary N) is 1. The Morgan fingerprint density at radius 2 is 2.50 bits per heavy atom. The van der Waals surface area contributed by atoms with Crippen molar-refractivity contribution in [2.75, 3.05) is 13.7 Å². The van der Waals surface area contributed by atoms with Gasteiger partial charge < -0.3 is 14.6 Å². The smallest absolute Gasteiger partial charge is 0.0593 e. The molecule has 0 saturated carbocycles. The fraction of sp³-hybridized carbons (Fsp3) is 0.692.